The van der Waals surface area contributed by atoms with E-state index < -0.39 is 0 Å². The summed E-state index contributed by atoms with van der Waals surface area (Å²) in [4.78, 5) is 0. The number of ether oxygens (including phenoxy) is 2. The van der Waals surface area contributed by atoms with Crippen molar-refractivity contribution >= 4 is 0 Å². The van der Waals surface area contributed by atoms with Crippen LogP contribution < -0.4 is 0 Å². The van der Waals surface area contributed by atoms with Crippen molar-refractivity contribution in [2.75, 3.05) is 6.61 Å². The van der Waals surface area contributed by atoms with E-state index in [0.717, 1.165) is 12.0 Å². The van der Waals surface area contributed by atoms with Crippen LogP contribution in [0.4, 0.5) is 0 Å². The monoisotopic (exact) mass is 140 g/mol. The normalized spacial score (nSPS) is 25.1. The standard InChI is InChI=1S/C8H12O2/c1-7(2)8-9-5-3-4-6-10-8/h3,5,8H,1,4,6H2,2H3. The molecular formula is C8H12O2. The van der Waals surface area contributed by atoms with Crippen molar-refractivity contribution in [3.05, 3.63) is 24.5 Å². The van der Waals surface area contributed by atoms with Crippen LogP contribution in [-0.4, -0.2) is 12.9 Å². The van der Waals surface area contributed by atoms with Crippen LogP contribution >= 0.6 is 0 Å². The Bertz CT molecular complexity index is 149. The van der Waals surface area contributed by atoms with Crippen LogP contribution in [0, 0.1) is 0 Å². The summed E-state index contributed by atoms with van der Waals surface area (Å²) in [7, 11) is 0. The fourth-order valence-electron chi connectivity index (χ4n) is 0.736. The quantitative estimate of drug-likeness (QED) is 0.517. The Balaban J connectivity index is 2.45. The van der Waals surface area contributed by atoms with Crippen molar-refractivity contribution in [1.29, 1.82) is 0 Å². The minimum atomic E-state index is -0.237. The number of hydrogen-bond acceptors (Lipinski definition) is 2. The molecule has 1 aliphatic heterocycles. The van der Waals surface area contributed by atoms with Gasteiger partial charge in [0.2, 0.25) is 6.29 Å². The fourth-order valence-corrected chi connectivity index (χ4v) is 0.736. The Hall–Kier alpha value is -0.760. The van der Waals surface area contributed by atoms with Crippen LogP contribution in [-0.2, 0) is 9.47 Å². The summed E-state index contributed by atoms with van der Waals surface area (Å²) < 4.78 is 10.4. The Morgan fingerprint density at radius 1 is 1.70 bits per heavy atom. The second-order valence-corrected chi connectivity index (χ2v) is 2.35. The van der Waals surface area contributed by atoms with Gasteiger partial charge in [0.05, 0.1) is 12.9 Å². The van der Waals surface area contributed by atoms with Gasteiger partial charge in [-0.25, -0.2) is 0 Å². The molecule has 0 fully saturated rings. The molecule has 0 saturated heterocycles. The zero-order valence-corrected chi connectivity index (χ0v) is 6.17. The predicted molar refractivity (Wildman–Crippen MR) is 39.4 cm³/mol. The molecule has 1 heterocycles. The molecule has 0 aromatic rings. The van der Waals surface area contributed by atoms with Crippen LogP contribution in [0.25, 0.3) is 0 Å². The van der Waals surface area contributed by atoms with Crippen molar-refractivity contribution in [3.8, 4) is 0 Å². The van der Waals surface area contributed by atoms with E-state index in [1.54, 1.807) is 6.26 Å². The van der Waals surface area contributed by atoms with Gasteiger partial charge in [-0.05, 0) is 25.0 Å². The van der Waals surface area contributed by atoms with Gasteiger partial charge in [-0.1, -0.05) is 6.58 Å². The van der Waals surface area contributed by atoms with E-state index in [1.807, 2.05) is 13.0 Å². The molecule has 0 aliphatic carbocycles. The second kappa shape index (κ2) is 3.42. The zero-order chi connectivity index (χ0) is 7.40. The molecule has 0 radical (unpaired) electrons. The molecular weight excluding hydrogens is 128 g/mol. The molecule has 0 aromatic heterocycles. The van der Waals surface area contributed by atoms with Crippen molar-refractivity contribution in [1.82, 2.24) is 0 Å². The SMILES string of the molecule is C=C(C)C1OC=CCCO1. The van der Waals surface area contributed by atoms with Crippen molar-refractivity contribution in [2.24, 2.45) is 0 Å². The second-order valence-electron chi connectivity index (χ2n) is 2.35. The molecule has 1 rings (SSSR count). The van der Waals surface area contributed by atoms with E-state index in [2.05, 4.69) is 6.58 Å². The third-order valence-electron chi connectivity index (χ3n) is 1.25. The van der Waals surface area contributed by atoms with Gasteiger partial charge in [-0.3, -0.25) is 0 Å². The van der Waals surface area contributed by atoms with E-state index in [4.69, 9.17) is 9.47 Å². The van der Waals surface area contributed by atoms with E-state index in [1.165, 1.54) is 0 Å². The molecule has 2 nitrogen and oxygen atoms in total. The van der Waals surface area contributed by atoms with Gasteiger partial charge in [0, 0.05) is 0 Å². The smallest absolute Gasteiger partial charge is 0.221 e. The molecule has 2 heteroatoms. The van der Waals surface area contributed by atoms with Crippen molar-refractivity contribution < 1.29 is 9.47 Å². The van der Waals surface area contributed by atoms with E-state index >= 15 is 0 Å². The molecule has 0 saturated carbocycles. The van der Waals surface area contributed by atoms with Gasteiger partial charge >= 0.3 is 0 Å². The van der Waals surface area contributed by atoms with Crippen molar-refractivity contribution in [2.45, 2.75) is 19.6 Å². The number of rotatable bonds is 1. The van der Waals surface area contributed by atoms with Gasteiger partial charge < -0.3 is 9.47 Å². The van der Waals surface area contributed by atoms with Crippen LogP contribution in [0.1, 0.15) is 13.3 Å². The average molecular weight is 140 g/mol. The van der Waals surface area contributed by atoms with Crippen LogP contribution in [0.2, 0.25) is 0 Å². The first-order valence-electron chi connectivity index (χ1n) is 3.38. The molecule has 1 atom stereocenters. The van der Waals surface area contributed by atoms with Crippen LogP contribution in [0.5, 0.6) is 0 Å². The maximum atomic E-state index is 5.28. The van der Waals surface area contributed by atoms with E-state index in [9.17, 15) is 0 Å². The first-order chi connectivity index (χ1) is 4.80. The number of hydrogen-bond donors (Lipinski definition) is 0. The highest BCUT2D eigenvalue weighted by molar-refractivity contribution is 4.95. The summed E-state index contributed by atoms with van der Waals surface area (Å²) in [6, 6.07) is 0. The lowest BCUT2D eigenvalue weighted by atomic mass is 10.3. The summed E-state index contributed by atoms with van der Waals surface area (Å²) in [5.41, 5.74) is 0.909. The topological polar surface area (TPSA) is 18.5 Å². The highest BCUT2D eigenvalue weighted by Crippen LogP contribution is 2.09. The lowest BCUT2D eigenvalue weighted by Gasteiger charge is -2.14. The Labute approximate surface area is 61.1 Å². The third kappa shape index (κ3) is 1.88. The molecule has 1 aliphatic rings. The lowest BCUT2D eigenvalue weighted by molar-refractivity contribution is -0.0716. The molecule has 0 N–H and O–H groups in total. The largest absolute Gasteiger partial charge is 0.469 e. The minimum Gasteiger partial charge on any atom is -0.469 e. The van der Waals surface area contributed by atoms with Crippen LogP contribution in [0.15, 0.2) is 24.5 Å². The average Bonchev–Trinajstić information content (AvgIpc) is 2.12. The van der Waals surface area contributed by atoms with Gasteiger partial charge in [0.15, 0.2) is 0 Å². The Kier molecular flexibility index (Phi) is 2.51. The summed E-state index contributed by atoms with van der Waals surface area (Å²) in [5.74, 6) is 0. The van der Waals surface area contributed by atoms with Gasteiger partial charge in [0.25, 0.3) is 0 Å². The molecule has 10 heavy (non-hydrogen) atoms. The summed E-state index contributed by atoms with van der Waals surface area (Å²) in [5, 5.41) is 0. The third-order valence-corrected chi connectivity index (χ3v) is 1.25. The van der Waals surface area contributed by atoms with Gasteiger partial charge in [-0.2, -0.15) is 0 Å². The van der Waals surface area contributed by atoms with Gasteiger partial charge in [-0.15, -0.1) is 0 Å². The molecule has 0 aromatic carbocycles. The molecule has 1 unspecified atom stereocenters. The van der Waals surface area contributed by atoms with Gasteiger partial charge in [0.1, 0.15) is 0 Å². The highest BCUT2D eigenvalue weighted by atomic mass is 16.7. The van der Waals surface area contributed by atoms with E-state index in [-0.39, 0.29) is 6.29 Å². The zero-order valence-electron chi connectivity index (χ0n) is 6.17. The first kappa shape index (κ1) is 7.35. The fraction of sp³-hybridized carbons (Fsp3) is 0.500. The first-order valence-corrected chi connectivity index (χ1v) is 3.38. The molecule has 56 valence electrons. The molecule has 0 amide bonds. The summed E-state index contributed by atoms with van der Waals surface area (Å²) >= 11 is 0. The Morgan fingerprint density at radius 3 is 3.20 bits per heavy atom. The minimum absolute atomic E-state index is 0.237. The van der Waals surface area contributed by atoms with E-state index in [0.29, 0.717) is 6.61 Å². The van der Waals surface area contributed by atoms with Crippen molar-refractivity contribution in [3.63, 3.8) is 0 Å². The summed E-state index contributed by atoms with van der Waals surface area (Å²) in [6.07, 6.45) is 4.30. The lowest BCUT2D eigenvalue weighted by Crippen LogP contribution is -2.14. The maximum Gasteiger partial charge on any atom is 0.221 e. The summed E-state index contributed by atoms with van der Waals surface area (Å²) in [6.45, 7) is 6.35. The van der Waals surface area contributed by atoms with Crippen LogP contribution in [0.3, 0.4) is 0 Å². The Morgan fingerprint density at radius 2 is 2.50 bits per heavy atom. The highest BCUT2D eigenvalue weighted by Gasteiger charge is 2.09. The molecule has 0 bridgehead atoms. The molecule has 0 spiro atoms. The maximum absolute atomic E-state index is 5.28. The predicted octanol–water partition coefficient (Wildman–Crippen LogP) is 1.84.